The summed E-state index contributed by atoms with van der Waals surface area (Å²) in [5.41, 5.74) is 2.89. The van der Waals surface area contributed by atoms with Gasteiger partial charge in [-0.1, -0.05) is 15.9 Å². The van der Waals surface area contributed by atoms with E-state index in [9.17, 15) is 14.4 Å². The molecule has 2 rings (SSSR count). The van der Waals surface area contributed by atoms with Crippen molar-refractivity contribution in [2.45, 2.75) is 12.8 Å². The summed E-state index contributed by atoms with van der Waals surface area (Å²) in [7, 11) is 0. The van der Waals surface area contributed by atoms with Gasteiger partial charge in [-0.3, -0.25) is 9.59 Å². The van der Waals surface area contributed by atoms with Crippen LogP contribution in [0.2, 0.25) is 0 Å². The molecule has 21 heavy (non-hydrogen) atoms. The molecular weight excluding hydrogens is 342 g/mol. The van der Waals surface area contributed by atoms with Crippen molar-refractivity contribution in [2.24, 2.45) is 5.10 Å². The quantitative estimate of drug-likeness (QED) is 0.794. The van der Waals surface area contributed by atoms with Crippen molar-refractivity contribution in [2.75, 3.05) is 11.9 Å². The van der Waals surface area contributed by atoms with E-state index in [1.165, 1.54) is 0 Å². The van der Waals surface area contributed by atoms with E-state index in [0.717, 1.165) is 4.47 Å². The van der Waals surface area contributed by atoms with Crippen molar-refractivity contribution in [3.05, 3.63) is 28.7 Å². The molecule has 0 saturated heterocycles. The van der Waals surface area contributed by atoms with Crippen molar-refractivity contribution >= 4 is 45.1 Å². The number of rotatable bonds is 4. The van der Waals surface area contributed by atoms with E-state index in [0.29, 0.717) is 5.69 Å². The van der Waals surface area contributed by atoms with Gasteiger partial charge in [-0.2, -0.15) is 5.10 Å². The lowest BCUT2D eigenvalue weighted by Gasteiger charge is -2.11. The summed E-state index contributed by atoms with van der Waals surface area (Å²) in [4.78, 5) is 34.1. The normalized spacial score (nSPS) is 14.0. The molecular formula is C13H12BrN3O4. The van der Waals surface area contributed by atoms with Crippen LogP contribution >= 0.6 is 15.9 Å². The zero-order valence-corrected chi connectivity index (χ0v) is 12.5. The number of ether oxygens (including phenoxy) is 1. The van der Waals surface area contributed by atoms with Crippen molar-refractivity contribution < 1.29 is 19.1 Å². The molecule has 0 aliphatic carbocycles. The van der Waals surface area contributed by atoms with Crippen LogP contribution in [0.25, 0.3) is 0 Å². The molecule has 0 spiro atoms. The standard InChI is InChI=1S/C13H12BrN3O4/c14-8-1-3-9(4-2-8)15-12(19)7-21-13(20)10-5-6-11(18)17-16-10/h1-4H,5-7H2,(H,15,19)(H,17,18). The number of amides is 2. The smallest absolute Gasteiger partial charge is 0.355 e. The Kier molecular flexibility index (Phi) is 5.04. The van der Waals surface area contributed by atoms with Gasteiger partial charge in [-0.05, 0) is 24.3 Å². The molecule has 0 atom stereocenters. The molecule has 0 bridgehead atoms. The van der Waals surface area contributed by atoms with Crippen LogP contribution in [0.3, 0.4) is 0 Å². The highest BCUT2D eigenvalue weighted by molar-refractivity contribution is 9.10. The van der Waals surface area contributed by atoms with Gasteiger partial charge in [0.25, 0.3) is 5.91 Å². The summed E-state index contributed by atoms with van der Waals surface area (Å²) >= 11 is 3.28. The molecule has 0 fully saturated rings. The number of hydrogen-bond donors (Lipinski definition) is 2. The average Bonchev–Trinajstić information content (AvgIpc) is 2.48. The SMILES string of the molecule is O=C1CCC(C(=O)OCC(=O)Nc2ccc(Br)cc2)=NN1. The fraction of sp³-hybridized carbons (Fsp3) is 0.231. The minimum absolute atomic E-state index is 0.103. The van der Waals surface area contributed by atoms with Gasteiger partial charge in [0.2, 0.25) is 5.91 Å². The van der Waals surface area contributed by atoms with Crippen LogP contribution < -0.4 is 10.7 Å². The maximum absolute atomic E-state index is 11.6. The summed E-state index contributed by atoms with van der Waals surface area (Å²) in [5.74, 6) is -1.41. The molecule has 1 aromatic carbocycles. The third kappa shape index (κ3) is 4.67. The van der Waals surface area contributed by atoms with E-state index in [2.05, 4.69) is 31.8 Å². The summed E-state index contributed by atoms with van der Waals surface area (Å²) in [6.07, 6.45) is 0.387. The van der Waals surface area contributed by atoms with Gasteiger partial charge in [-0.25, -0.2) is 10.2 Å². The van der Waals surface area contributed by atoms with Gasteiger partial charge in [0.1, 0.15) is 5.71 Å². The highest BCUT2D eigenvalue weighted by atomic mass is 79.9. The van der Waals surface area contributed by atoms with E-state index >= 15 is 0 Å². The molecule has 0 saturated carbocycles. The summed E-state index contributed by atoms with van der Waals surface area (Å²) < 4.78 is 5.73. The zero-order valence-electron chi connectivity index (χ0n) is 10.9. The maximum Gasteiger partial charge on any atom is 0.355 e. The Bertz CT molecular complexity index is 598. The van der Waals surface area contributed by atoms with Crippen LogP contribution in [0.15, 0.2) is 33.8 Å². The van der Waals surface area contributed by atoms with Crippen LogP contribution in [0.4, 0.5) is 5.69 Å². The minimum atomic E-state index is -0.707. The second kappa shape index (κ2) is 6.98. The maximum atomic E-state index is 11.6. The molecule has 0 aromatic heterocycles. The predicted octanol–water partition coefficient (Wildman–Crippen LogP) is 1.20. The Morgan fingerprint density at radius 2 is 2.00 bits per heavy atom. The fourth-order valence-electron chi connectivity index (χ4n) is 1.57. The molecule has 0 unspecified atom stereocenters. The Morgan fingerprint density at radius 3 is 2.62 bits per heavy atom. The molecule has 7 nitrogen and oxygen atoms in total. The number of esters is 1. The third-order valence-electron chi connectivity index (χ3n) is 2.60. The van der Waals surface area contributed by atoms with Crippen LogP contribution in [-0.2, 0) is 19.1 Å². The monoisotopic (exact) mass is 353 g/mol. The molecule has 2 amide bonds. The van der Waals surface area contributed by atoms with Crippen LogP contribution in [0, 0.1) is 0 Å². The van der Waals surface area contributed by atoms with Gasteiger partial charge in [-0.15, -0.1) is 0 Å². The first kappa shape index (κ1) is 15.2. The van der Waals surface area contributed by atoms with E-state index in [4.69, 9.17) is 4.74 Å². The fourth-order valence-corrected chi connectivity index (χ4v) is 1.83. The highest BCUT2D eigenvalue weighted by Crippen LogP contribution is 2.13. The first-order valence-corrected chi connectivity index (χ1v) is 6.92. The number of hydrogen-bond acceptors (Lipinski definition) is 5. The molecule has 1 heterocycles. The summed E-state index contributed by atoms with van der Waals surface area (Å²) in [5, 5.41) is 6.18. The van der Waals surface area contributed by atoms with Gasteiger partial charge in [0, 0.05) is 23.0 Å². The van der Waals surface area contributed by atoms with Crippen molar-refractivity contribution in [1.29, 1.82) is 0 Å². The minimum Gasteiger partial charge on any atom is -0.451 e. The van der Waals surface area contributed by atoms with E-state index in [1.807, 2.05) is 0 Å². The molecule has 2 N–H and O–H groups in total. The molecule has 1 aliphatic heterocycles. The van der Waals surface area contributed by atoms with Crippen LogP contribution in [-0.4, -0.2) is 30.1 Å². The number of nitrogens with zero attached hydrogens (tertiary/aromatic N) is 1. The lowest BCUT2D eigenvalue weighted by Crippen LogP contribution is -2.32. The van der Waals surface area contributed by atoms with Gasteiger partial charge < -0.3 is 10.1 Å². The van der Waals surface area contributed by atoms with E-state index in [-0.39, 0.29) is 24.5 Å². The molecule has 0 radical (unpaired) electrons. The van der Waals surface area contributed by atoms with Crippen molar-refractivity contribution in [1.82, 2.24) is 5.43 Å². The Hall–Kier alpha value is -2.22. The molecule has 110 valence electrons. The predicted molar refractivity (Wildman–Crippen MR) is 78.5 cm³/mol. The number of hydrazone groups is 1. The number of nitrogens with one attached hydrogen (secondary N) is 2. The summed E-state index contributed by atoms with van der Waals surface area (Å²) in [6, 6.07) is 6.98. The second-order valence-corrected chi connectivity index (χ2v) is 5.14. The first-order valence-electron chi connectivity index (χ1n) is 6.12. The first-order chi connectivity index (χ1) is 10.0. The average molecular weight is 354 g/mol. The molecule has 1 aliphatic rings. The van der Waals surface area contributed by atoms with Crippen molar-refractivity contribution in [3.8, 4) is 0 Å². The number of carbonyl (C=O) groups excluding carboxylic acids is 3. The Labute approximate surface area is 128 Å². The molecule has 8 heteroatoms. The summed E-state index contributed by atoms with van der Waals surface area (Å²) in [6.45, 7) is -0.415. The zero-order chi connectivity index (χ0) is 15.2. The number of anilines is 1. The lowest BCUT2D eigenvalue weighted by molar-refractivity contribution is -0.140. The highest BCUT2D eigenvalue weighted by Gasteiger charge is 2.20. The Balaban J connectivity index is 1.79. The van der Waals surface area contributed by atoms with Crippen molar-refractivity contribution in [3.63, 3.8) is 0 Å². The van der Waals surface area contributed by atoms with E-state index in [1.54, 1.807) is 24.3 Å². The number of benzene rings is 1. The van der Waals surface area contributed by atoms with Gasteiger partial charge in [0.05, 0.1) is 0 Å². The Morgan fingerprint density at radius 1 is 1.29 bits per heavy atom. The van der Waals surface area contributed by atoms with Gasteiger partial charge >= 0.3 is 5.97 Å². The van der Waals surface area contributed by atoms with E-state index < -0.39 is 18.5 Å². The molecule has 1 aromatic rings. The van der Waals surface area contributed by atoms with Crippen LogP contribution in [0.1, 0.15) is 12.8 Å². The lowest BCUT2D eigenvalue weighted by atomic mass is 10.2. The van der Waals surface area contributed by atoms with Gasteiger partial charge in [0.15, 0.2) is 6.61 Å². The third-order valence-corrected chi connectivity index (χ3v) is 3.13. The number of carbonyl (C=O) groups is 3. The second-order valence-electron chi connectivity index (χ2n) is 4.22. The van der Waals surface area contributed by atoms with Crippen LogP contribution in [0.5, 0.6) is 0 Å². The topological polar surface area (TPSA) is 96.9 Å². The number of halogens is 1. The largest absolute Gasteiger partial charge is 0.451 e.